The van der Waals surface area contributed by atoms with Crippen molar-refractivity contribution in [2.75, 3.05) is 13.2 Å². The van der Waals surface area contributed by atoms with Gasteiger partial charge in [0.2, 0.25) is 5.89 Å². The molecule has 0 radical (unpaired) electrons. The standard InChI is InChI=1S/C18H14ClFN2O5/c19-14-3-1-2-4-15(14)25-9-10-26-16(23)11-22-18(24)27-17(21-22)12-5-7-13(20)8-6-12/h1-8H,9-11H2. The normalized spacial score (nSPS) is 10.6. The van der Waals surface area contributed by atoms with Crippen molar-refractivity contribution < 1.29 is 23.1 Å². The van der Waals surface area contributed by atoms with Crippen LogP contribution in [0.3, 0.4) is 0 Å². The molecule has 0 N–H and O–H groups in total. The van der Waals surface area contributed by atoms with Crippen LogP contribution in [0.25, 0.3) is 11.5 Å². The van der Waals surface area contributed by atoms with Crippen LogP contribution in [0.1, 0.15) is 0 Å². The maximum absolute atomic E-state index is 12.9. The van der Waals surface area contributed by atoms with Gasteiger partial charge in [-0.2, -0.15) is 4.68 Å². The van der Waals surface area contributed by atoms with Gasteiger partial charge in [0, 0.05) is 5.56 Å². The molecule has 0 fully saturated rings. The van der Waals surface area contributed by atoms with Crippen molar-refractivity contribution >= 4 is 17.6 Å². The molecule has 2 aromatic carbocycles. The second kappa shape index (κ2) is 8.50. The molecule has 27 heavy (non-hydrogen) atoms. The molecule has 0 unspecified atom stereocenters. The Labute approximate surface area is 157 Å². The average molecular weight is 393 g/mol. The minimum atomic E-state index is -0.821. The third kappa shape index (κ3) is 4.95. The van der Waals surface area contributed by atoms with Crippen molar-refractivity contribution in [3.63, 3.8) is 0 Å². The molecular formula is C18H14ClFN2O5. The highest BCUT2D eigenvalue weighted by Crippen LogP contribution is 2.22. The Bertz CT molecular complexity index is 984. The van der Waals surface area contributed by atoms with E-state index in [0.29, 0.717) is 16.3 Å². The summed E-state index contributed by atoms with van der Waals surface area (Å²) in [6.45, 7) is -0.346. The molecular weight excluding hydrogens is 379 g/mol. The van der Waals surface area contributed by atoms with E-state index in [1.807, 2.05) is 0 Å². The minimum absolute atomic E-state index is 0.0187. The van der Waals surface area contributed by atoms with Crippen molar-refractivity contribution in [2.24, 2.45) is 0 Å². The molecule has 0 bridgehead atoms. The zero-order valence-electron chi connectivity index (χ0n) is 13.9. The Morgan fingerprint density at radius 3 is 2.63 bits per heavy atom. The van der Waals surface area contributed by atoms with E-state index in [0.717, 1.165) is 4.68 Å². The van der Waals surface area contributed by atoms with Gasteiger partial charge in [-0.3, -0.25) is 4.79 Å². The Morgan fingerprint density at radius 2 is 1.89 bits per heavy atom. The molecule has 7 nitrogen and oxygen atoms in total. The first-order chi connectivity index (χ1) is 13.0. The van der Waals surface area contributed by atoms with Gasteiger partial charge in [0.25, 0.3) is 0 Å². The molecule has 0 aliphatic rings. The number of carbonyl (C=O) groups excluding carboxylic acids is 1. The lowest BCUT2D eigenvalue weighted by Gasteiger charge is -2.08. The Balaban J connectivity index is 1.51. The van der Waals surface area contributed by atoms with Crippen molar-refractivity contribution in [3.05, 3.63) is 69.9 Å². The number of para-hydroxylation sites is 1. The van der Waals surface area contributed by atoms with Crippen molar-refractivity contribution in [2.45, 2.75) is 6.54 Å². The van der Waals surface area contributed by atoms with Crippen LogP contribution in [0.5, 0.6) is 5.75 Å². The molecule has 0 saturated heterocycles. The van der Waals surface area contributed by atoms with E-state index in [1.165, 1.54) is 24.3 Å². The fourth-order valence-electron chi connectivity index (χ4n) is 2.15. The van der Waals surface area contributed by atoms with Crippen LogP contribution >= 0.6 is 11.6 Å². The lowest BCUT2D eigenvalue weighted by atomic mass is 10.2. The number of carbonyl (C=O) groups is 1. The maximum Gasteiger partial charge on any atom is 0.437 e. The van der Waals surface area contributed by atoms with Crippen molar-refractivity contribution in [1.82, 2.24) is 9.78 Å². The highest BCUT2D eigenvalue weighted by atomic mass is 35.5. The highest BCUT2D eigenvalue weighted by molar-refractivity contribution is 6.32. The number of ether oxygens (including phenoxy) is 2. The first-order valence-corrected chi connectivity index (χ1v) is 8.27. The predicted molar refractivity (Wildman–Crippen MR) is 94.1 cm³/mol. The van der Waals surface area contributed by atoms with E-state index in [-0.39, 0.29) is 19.1 Å². The first-order valence-electron chi connectivity index (χ1n) is 7.90. The van der Waals surface area contributed by atoms with Gasteiger partial charge in [-0.1, -0.05) is 23.7 Å². The van der Waals surface area contributed by atoms with E-state index in [2.05, 4.69) is 5.10 Å². The Kier molecular flexibility index (Phi) is 5.87. The van der Waals surface area contributed by atoms with Crippen LogP contribution in [0.4, 0.5) is 4.39 Å². The summed E-state index contributed by atoms with van der Waals surface area (Å²) >= 11 is 5.94. The number of benzene rings is 2. The Morgan fingerprint density at radius 1 is 1.15 bits per heavy atom. The zero-order chi connectivity index (χ0) is 19.2. The summed E-state index contributed by atoms with van der Waals surface area (Å²) < 4.78 is 29.1. The lowest BCUT2D eigenvalue weighted by Crippen LogP contribution is -2.24. The lowest BCUT2D eigenvalue weighted by molar-refractivity contribution is -0.145. The maximum atomic E-state index is 12.9. The molecule has 9 heteroatoms. The largest absolute Gasteiger partial charge is 0.488 e. The van der Waals surface area contributed by atoms with Gasteiger partial charge in [0.1, 0.15) is 31.3 Å². The summed E-state index contributed by atoms with van der Waals surface area (Å²) in [6, 6.07) is 12.1. The molecule has 1 aromatic heterocycles. The number of hydrogen-bond donors (Lipinski definition) is 0. The van der Waals surface area contributed by atoms with Gasteiger partial charge in [0.15, 0.2) is 0 Å². The van der Waals surface area contributed by atoms with Crippen LogP contribution < -0.4 is 10.5 Å². The minimum Gasteiger partial charge on any atom is -0.488 e. The summed E-state index contributed by atoms with van der Waals surface area (Å²) in [4.78, 5) is 23.6. The van der Waals surface area contributed by atoms with Crippen molar-refractivity contribution in [3.8, 4) is 17.2 Å². The predicted octanol–water partition coefficient (Wildman–Crippen LogP) is 2.92. The second-order valence-electron chi connectivity index (χ2n) is 5.34. The van der Waals surface area contributed by atoms with E-state index < -0.39 is 24.1 Å². The van der Waals surface area contributed by atoms with Crippen LogP contribution in [-0.4, -0.2) is 29.0 Å². The van der Waals surface area contributed by atoms with E-state index in [9.17, 15) is 14.0 Å². The molecule has 3 aromatic rings. The fraction of sp³-hybridized carbons (Fsp3) is 0.167. The zero-order valence-corrected chi connectivity index (χ0v) is 14.7. The van der Waals surface area contributed by atoms with Gasteiger partial charge < -0.3 is 13.9 Å². The number of esters is 1. The summed E-state index contributed by atoms with van der Waals surface area (Å²) in [6.07, 6.45) is 0. The molecule has 0 aliphatic carbocycles. The summed E-state index contributed by atoms with van der Waals surface area (Å²) in [5.41, 5.74) is 0.411. The van der Waals surface area contributed by atoms with E-state index in [4.69, 9.17) is 25.5 Å². The molecule has 0 aliphatic heterocycles. The van der Waals surface area contributed by atoms with Gasteiger partial charge in [-0.15, -0.1) is 5.10 Å². The van der Waals surface area contributed by atoms with Crippen LogP contribution in [-0.2, 0) is 16.1 Å². The molecule has 0 saturated carbocycles. The number of aromatic nitrogens is 2. The third-order valence-corrected chi connectivity index (χ3v) is 3.73. The van der Waals surface area contributed by atoms with E-state index >= 15 is 0 Å². The quantitative estimate of drug-likeness (QED) is 0.454. The van der Waals surface area contributed by atoms with Crippen LogP contribution in [0.2, 0.25) is 5.02 Å². The third-order valence-electron chi connectivity index (χ3n) is 3.42. The molecule has 0 atom stereocenters. The first kappa shape index (κ1) is 18.7. The molecule has 0 amide bonds. The van der Waals surface area contributed by atoms with Gasteiger partial charge in [-0.25, -0.2) is 9.18 Å². The number of rotatable bonds is 7. The van der Waals surface area contributed by atoms with Gasteiger partial charge in [0.05, 0.1) is 5.02 Å². The molecule has 1 heterocycles. The van der Waals surface area contributed by atoms with Crippen molar-refractivity contribution in [1.29, 1.82) is 0 Å². The van der Waals surface area contributed by atoms with Crippen LogP contribution in [0, 0.1) is 5.82 Å². The van der Waals surface area contributed by atoms with Crippen LogP contribution in [0.15, 0.2) is 57.7 Å². The molecule has 3 rings (SSSR count). The Hall–Kier alpha value is -3.13. The van der Waals surface area contributed by atoms with Gasteiger partial charge >= 0.3 is 11.7 Å². The topological polar surface area (TPSA) is 83.6 Å². The monoisotopic (exact) mass is 392 g/mol. The number of nitrogens with zero attached hydrogens (tertiary/aromatic N) is 2. The van der Waals surface area contributed by atoms with E-state index in [1.54, 1.807) is 24.3 Å². The summed E-state index contributed by atoms with van der Waals surface area (Å²) in [7, 11) is 0. The van der Waals surface area contributed by atoms with Gasteiger partial charge in [-0.05, 0) is 36.4 Å². The number of halogens is 2. The molecule has 140 valence electrons. The smallest absolute Gasteiger partial charge is 0.437 e. The SMILES string of the molecule is O=C(Cn1nc(-c2ccc(F)cc2)oc1=O)OCCOc1ccccc1Cl. The second-order valence-corrected chi connectivity index (χ2v) is 5.74. The average Bonchev–Trinajstić information content (AvgIpc) is 3.01. The fourth-order valence-corrected chi connectivity index (χ4v) is 2.34. The summed E-state index contributed by atoms with van der Waals surface area (Å²) in [5, 5.41) is 4.35. The highest BCUT2D eigenvalue weighted by Gasteiger charge is 2.14. The number of hydrogen-bond acceptors (Lipinski definition) is 6. The summed E-state index contributed by atoms with van der Waals surface area (Å²) in [5.74, 6) is -1.47. The molecule has 0 spiro atoms.